The molecule has 3 aliphatic rings. The van der Waals surface area contributed by atoms with Gasteiger partial charge in [0.25, 0.3) is 5.91 Å². The number of nitrogens with one attached hydrogen (secondary N) is 2. The average molecular weight is 615 g/mol. The number of pyridine rings is 2. The molecule has 3 aromatic rings. The minimum atomic E-state index is -0.452. The zero-order chi connectivity index (χ0) is 31.8. The number of carbonyl (C=O) groups is 1. The molecular weight excluding hydrogens is 575 g/mol. The molecule has 0 bridgehead atoms. The monoisotopic (exact) mass is 614 g/mol. The van der Waals surface area contributed by atoms with Crippen LogP contribution < -0.4 is 25.0 Å². The molecule has 236 valence electrons. The molecule has 5 heterocycles. The van der Waals surface area contributed by atoms with Crippen molar-refractivity contribution in [2.45, 2.75) is 63.7 Å². The maximum atomic E-state index is 13.8. The van der Waals surface area contributed by atoms with Gasteiger partial charge in [-0.1, -0.05) is 20.8 Å². The van der Waals surface area contributed by atoms with E-state index in [1.807, 2.05) is 30.0 Å². The third kappa shape index (κ3) is 6.30. The molecule has 6 rings (SSSR count). The summed E-state index contributed by atoms with van der Waals surface area (Å²) >= 11 is 0. The first-order valence-corrected chi connectivity index (χ1v) is 15.5. The highest BCUT2D eigenvalue weighted by Crippen LogP contribution is 2.42. The molecule has 3 fully saturated rings. The molecule has 1 amide bonds. The van der Waals surface area contributed by atoms with Crippen LogP contribution >= 0.6 is 0 Å². The molecule has 45 heavy (non-hydrogen) atoms. The van der Waals surface area contributed by atoms with Crippen molar-refractivity contribution < 1.29 is 23.4 Å². The lowest BCUT2D eigenvalue weighted by molar-refractivity contribution is -0.0196. The Balaban J connectivity index is 1.30. The minimum Gasteiger partial charge on any atom is -0.485 e. The van der Waals surface area contributed by atoms with Gasteiger partial charge in [0, 0.05) is 38.3 Å². The lowest BCUT2D eigenvalue weighted by Gasteiger charge is -2.48. The lowest BCUT2D eigenvalue weighted by Crippen LogP contribution is -2.62. The summed E-state index contributed by atoms with van der Waals surface area (Å²) in [4.78, 5) is 25.3. The van der Waals surface area contributed by atoms with E-state index in [0.717, 1.165) is 18.5 Å². The van der Waals surface area contributed by atoms with Gasteiger partial charge in [0.15, 0.2) is 11.4 Å². The Morgan fingerprint density at radius 1 is 1.29 bits per heavy atom. The number of benzene rings is 1. The molecule has 10 nitrogen and oxygen atoms in total. The summed E-state index contributed by atoms with van der Waals surface area (Å²) in [5.74, 6) is 0.124. The zero-order valence-corrected chi connectivity index (χ0v) is 26.2. The van der Waals surface area contributed by atoms with Crippen LogP contribution in [-0.2, 0) is 10.2 Å². The van der Waals surface area contributed by atoms with Gasteiger partial charge in [0.05, 0.1) is 35.7 Å². The van der Waals surface area contributed by atoms with Crippen LogP contribution in [-0.4, -0.2) is 73.0 Å². The summed E-state index contributed by atoms with van der Waals surface area (Å²) < 4.78 is 32.4. The van der Waals surface area contributed by atoms with Crippen molar-refractivity contribution >= 4 is 11.6 Å². The van der Waals surface area contributed by atoms with Crippen molar-refractivity contribution in [3.05, 3.63) is 65.2 Å². The van der Waals surface area contributed by atoms with Gasteiger partial charge in [-0.05, 0) is 67.3 Å². The van der Waals surface area contributed by atoms with Gasteiger partial charge in [-0.25, -0.2) is 14.4 Å². The molecule has 3 saturated heterocycles. The normalized spacial score (nSPS) is 20.5. The fraction of sp³-hybridized carbons (Fsp3) is 0.471. The van der Waals surface area contributed by atoms with Gasteiger partial charge in [-0.15, -0.1) is 0 Å². The number of anilines is 1. The minimum absolute atomic E-state index is 0.000856. The Morgan fingerprint density at radius 2 is 2.11 bits per heavy atom. The van der Waals surface area contributed by atoms with Crippen LogP contribution in [0.5, 0.6) is 11.6 Å². The zero-order valence-electron chi connectivity index (χ0n) is 26.2. The maximum Gasteiger partial charge on any atom is 0.274 e. The molecule has 2 atom stereocenters. The number of hydrogen-bond donors (Lipinski definition) is 2. The topological polar surface area (TPSA) is 122 Å². The first-order chi connectivity index (χ1) is 21.6. The number of hydrogen-bond acceptors (Lipinski definition) is 9. The predicted octanol–water partition coefficient (Wildman–Crippen LogP) is 4.37. The van der Waals surface area contributed by atoms with Gasteiger partial charge in [0.1, 0.15) is 23.6 Å². The third-order valence-electron chi connectivity index (χ3n) is 8.56. The van der Waals surface area contributed by atoms with E-state index in [0.29, 0.717) is 73.4 Å². The van der Waals surface area contributed by atoms with Crippen molar-refractivity contribution in [2.24, 2.45) is 0 Å². The van der Waals surface area contributed by atoms with E-state index < -0.39 is 11.4 Å². The first kappa shape index (κ1) is 30.7. The fourth-order valence-corrected chi connectivity index (χ4v) is 6.35. The molecule has 3 aliphatic heterocycles. The first-order valence-electron chi connectivity index (χ1n) is 15.5. The third-order valence-corrected chi connectivity index (χ3v) is 8.56. The van der Waals surface area contributed by atoms with E-state index >= 15 is 0 Å². The Hall–Kier alpha value is -4.27. The number of nitrogens with zero attached hydrogens (tertiary/aromatic N) is 4. The van der Waals surface area contributed by atoms with Gasteiger partial charge < -0.3 is 29.7 Å². The van der Waals surface area contributed by atoms with Crippen LogP contribution in [0.2, 0.25) is 0 Å². The summed E-state index contributed by atoms with van der Waals surface area (Å²) in [5, 5.41) is 15.9. The maximum absolute atomic E-state index is 13.8. The van der Waals surface area contributed by atoms with Crippen molar-refractivity contribution in [3.63, 3.8) is 0 Å². The number of nitriles is 1. The average Bonchev–Trinajstić information content (AvgIpc) is 3.67. The number of carbonyl (C=O) groups excluding carboxylic acids is 1. The standard InChI is InChI=1S/C34H39FN6O4/c1-5-43-32-25(7-6-11-38-32)29-26(33(2,3)4)14-28(30(40-29)31(42)39-23-10-12-37-17-23)45-24-15-34(44-18-24)19-41(20-34)27-9-8-22(35)13-21(27)16-36/h6-9,11,13-14,23-24,37H,5,10,12,15,17-20H2,1-4H3,(H,39,42)/t23-,24?/m1/s1. The summed E-state index contributed by atoms with van der Waals surface area (Å²) in [6.45, 7) is 11.6. The molecule has 1 spiro atoms. The molecule has 0 saturated carbocycles. The lowest BCUT2D eigenvalue weighted by atomic mass is 9.83. The van der Waals surface area contributed by atoms with Crippen molar-refractivity contribution in [3.8, 4) is 29.0 Å². The van der Waals surface area contributed by atoms with E-state index in [9.17, 15) is 14.4 Å². The molecule has 0 radical (unpaired) electrons. The number of aromatic nitrogens is 2. The van der Waals surface area contributed by atoms with Crippen LogP contribution in [0, 0.1) is 17.1 Å². The number of rotatable bonds is 8. The Kier molecular flexibility index (Phi) is 8.37. The summed E-state index contributed by atoms with van der Waals surface area (Å²) in [6.07, 6.45) is 2.80. The van der Waals surface area contributed by atoms with Crippen LogP contribution in [0.4, 0.5) is 10.1 Å². The second-order valence-electron chi connectivity index (χ2n) is 13.0. The Bertz CT molecular complexity index is 1620. The van der Waals surface area contributed by atoms with Crippen molar-refractivity contribution in [2.75, 3.05) is 44.3 Å². The Morgan fingerprint density at radius 3 is 2.82 bits per heavy atom. The predicted molar refractivity (Wildman–Crippen MR) is 167 cm³/mol. The fourth-order valence-electron chi connectivity index (χ4n) is 6.35. The molecule has 2 N–H and O–H groups in total. The Labute approximate surface area is 262 Å². The molecule has 0 aliphatic carbocycles. The van der Waals surface area contributed by atoms with Gasteiger partial charge >= 0.3 is 0 Å². The molecule has 11 heteroatoms. The number of ether oxygens (including phenoxy) is 3. The van der Waals surface area contributed by atoms with E-state index in [1.165, 1.54) is 12.1 Å². The summed E-state index contributed by atoms with van der Waals surface area (Å²) in [6, 6.07) is 12.0. The quantitative estimate of drug-likeness (QED) is 0.381. The van der Waals surface area contributed by atoms with Crippen LogP contribution in [0.3, 0.4) is 0 Å². The highest BCUT2D eigenvalue weighted by molar-refractivity contribution is 5.96. The highest BCUT2D eigenvalue weighted by atomic mass is 19.1. The number of halogens is 1. The van der Waals surface area contributed by atoms with Gasteiger partial charge in [-0.2, -0.15) is 5.26 Å². The van der Waals surface area contributed by atoms with Gasteiger partial charge in [0.2, 0.25) is 5.88 Å². The SMILES string of the molecule is CCOc1ncccc1-c1nc(C(=O)N[C@@H]2CCNC2)c(OC2COC3(C2)CN(c2ccc(F)cc2C#N)C3)cc1C(C)(C)C. The second-order valence-corrected chi connectivity index (χ2v) is 13.0. The van der Waals surface area contributed by atoms with Gasteiger partial charge in [-0.3, -0.25) is 4.79 Å². The van der Waals surface area contributed by atoms with Crippen LogP contribution in [0.1, 0.15) is 62.2 Å². The largest absolute Gasteiger partial charge is 0.485 e. The van der Waals surface area contributed by atoms with Crippen LogP contribution in [0.15, 0.2) is 42.6 Å². The molecular formula is C34H39FN6O4. The number of amides is 1. The highest BCUT2D eigenvalue weighted by Gasteiger charge is 2.51. The molecule has 1 unspecified atom stereocenters. The molecule has 2 aromatic heterocycles. The van der Waals surface area contributed by atoms with Crippen molar-refractivity contribution in [1.29, 1.82) is 5.26 Å². The van der Waals surface area contributed by atoms with Crippen LogP contribution in [0.25, 0.3) is 11.3 Å². The van der Waals surface area contributed by atoms with E-state index in [4.69, 9.17) is 19.2 Å². The summed E-state index contributed by atoms with van der Waals surface area (Å²) in [5.41, 5.74) is 2.63. The smallest absolute Gasteiger partial charge is 0.274 e. The molecule has 1 aromatic carbocycles. The second kappa shape index (κ2) is 12.3. The van der Waals surface area contributed by atoms with E-state index in [1.54, 1.807) is 12.3 Å². The van der Waals surface area contributed by atoms with Crippen molar-refractivity contribution in [1.82, 2.24) is 20.6 Å². The van der Waals surface area contributed by atoms with E-state index in [2.05, 4.69) is 42.5 Å². The summed E-state index contributed by atoms with van der Waals surface area (Å²) in [7, 11) is 0. The van der Waals surface area contributed by atoms with E-state index in [-0.39, 0.29) is 29.2 Å².